The summed E-state index contributed by atoms with van der Waals surface area (Å²) in [7, 11) is -3.11. The van der Waals surface area contributed by atoms with E-state index in [2.05, 4.69) is 6.07 Å². The molecule has 8 nitrogen and oxygen atoms in total. The summed E-state index contributed by atoms with van der Waals surface area (Å²) in [6.07, 6.45) is 0. The number of halogens is 3. The molecule has 3 aromatic carbocycles. The van der Waals surface area contributed by atoms with E-state index in [9.17, 15) is 18.5 Å². The molecule has 0 bridgehead atoms. The van der Waals surface area contributed by atoms with Crippen LogP contribution in [0.3, 0.4) is 0 Å². The average molecular weight is 566 g/mol. The average Bonchev–Trinajstić information content (AvgIpc) is 2.84. The first-order chi connectivity index (χ1) is 17.1. The quantitative estimate of drug-likeness (QED) is 0.247. The zero-order valence-corrected chi connectivity index (χ0v) is 21.4. The standard InChI is InChI=1S/C24H15Cl3N2O6S/c1-33-24(30)13-4-2-12(3-5-13)22-15-7-6-14(8-20(15)34-23(29)16(22)11-28)35-36(31,32)21-10-18(26)17(25)9-19(21)27/h2-10,22H,29H2,1H3. The Morgan fingerprint density at radius 1 is 1.03 bits per heavy atom. The Balaban J connectivity index is 1.72. The van der Waals surface area contributed by atoms with E-state index >= 15 is 0 Å². The first kappa shape index (κ1) is 25.7. The molecule has 1 heterocycles. The molecule has 0 saturated heterocycles. The van der Waals surface area contributed by atoms with Crippen molar-refractivity contribution in [3.63, 3.8) is 0 Å². The Kier molecular flexibility index (Phi) is 7.07. The minimum atomic E-state index is -4.39. The fourth-order valence-corrected chi connectivity index (χ4v) is 5.53. The van der Waals surface area contributed by atoms with E-state index in [1.165, 1.54) is 25.3 Å². The third kappa shape index (κ3) is 4.81. The van der Waals surface area contributed by atoms with Crippen LogP contribution >= 0.6 is 34.8 Å². The summed E-state index contributed by atoms with van der Waals surface area (Å²) in [5, 5.41) is 9.63. The number of carbonyl (C=O) groups excluding carboxylic acids is 1. The van der Waals surface area contributed by atoms with E-state index in [1.807, 2.05) is 0 Å². The van der Waals surface area contributed by atoms with Gasteiger partial charge >= 0.3 is 16.1 Å². The number of esters is 1. The molecule has 184 valence electrons. The van der Waals surface area contributed by atoms with Gasteiger partial charge < -0.3 is 19.4 Å². The van der Waals surface area contributed by atoms with E-state index < -0.39 is 22.0 Å². The maximum atomic E-state index is 12.9. The van der Waals surface area contributed by atoms with Gasteiger partial charge in [-0.05, 0) is 35.9 Å². The van der Waals surface area contributed by atoms with Crippen LogP contribution in [0.25, 0.3) is 0 Å². The van der Waals surface area contributed by atoms with Crippen LogP contribution in [0, 0.1) is 11.3 Å². The molecular formula is C24H15Cl3N2O6S. The van der Waals surface area contributed by atoms with Crippen LogP contribution in [-0.2, 0) is 14.9 Å². The van der Waals surface area contributed by atoms with Crippen molar-refractivity contribution in [3.05, 3.63) is 97.8 Å². The van der Waals surface area contributed by atoms with Crippen LogP contribution in [0.5, 0.6) is 11.5 Å². The lowest BCUT2D eigenvalue weighted by atomic mass is 9.83. The van der Waals surface area contributed by atoms with E-state index in [4.69, 9.17) is 54.2 Å². The predicted molar refractivity (Wildman–Crippen MR) is 133 cm³/mol. The van der Waals surface area contributed by atoms with Crippen LogP contribution < -0.4 is 14.7 Å². The number of hydrogen-bond donors (Lipinski definition) is 1. The summed E-state index contributed by atoms with van der Waals surface area (Å²) in [5.41, 5.74) is 7.67. The van der Waals surface area contributed by atoms with Gasteiger partial charge in [0.1, 0.15) is 28.0 Å². The van der Waals surface area contributed by atoms with Gasteiger partial charge in [-0.1, -0.05) is 53.0 Å². The number of nitriles is 1. The molecule has 1 aliphatic heterocycles. The fraction of sp³-hybridized carbons (Fsp3) is 0.0833. The van der Waals surface area contributed by atoms with Gasteiger partial charge in [-0.3, -0.25) is 0 Å². The van der Waals surface area contributed by atoms with Gasteiger partial charge in [0.05, 0.1) is 33.7 Å². The van der Waals surface area contributed by atoms with E-state index in [0.29, 0.717) is 16.7 Å². The highest BCUT2D eigenvalue weighted by atomic mass is 35.5. The Morgan fingerprint density at radius 3 is 2.33 bits per heavy atom. The SMILES string of the molecule is COC(=O)c1ccc(C2C(C#N)=C(N)Oc3cc(OS(=O)(=O)c4cc(Cl)c(Cl)cc4Cl)ccc32)cc1. The molecular weight excluding hydrogens is 551 g/mol. The Bertz CT molecular complexity index is 1560. The number of hydrogen-bond acceptors (Lipinski definition) is 8. The van der Waals surface area contributed by atoms with Crippen LogP contribution in [0.1, 0.15) is 27.4 Å². The first-order valence-corrected chi connectivity index (χ1v) is 12.6. The van der Waals surface area contributed by atoms with E-state index in [0.717, 1.165) is 6.07 Å². The van der Waals surface area contributed by atoms with Crippen molar-refractivity contribution in [3.8, 4) is 17.6 Å². The number of nitrogens with two attached hydrogens (primary N) is 1. The number of allylic oxidation sites excluding steroid dienone is 1. The maximum Gasteiger partial charge on any atom is 0.340 e. The normalized spacial score (nSPS) is 14.9. The molecule has 0 amide bonds. The summed E-state index contributed by atoms with van der Waals surface area (Å²) in [6.45, 7) is 0. The summed E-state index contributed by atoms with van der Waals surface area (Å²) < 4.78 is 41.3. The third-order valence-electron chi connectivity index (χ3n) is 5.31. The highest BCUT2D eigenvalue weighted by Gasteiger charge is 2.32. The highest BCUT2D eigenvalue weighted by Crippen LogP contribution is 2.44. The summed E-state index contributed by atoms with van der Waals surface area (Å²) in [5.74, 6) is -1.21. The number of nitrogens with zero attached hydrogens (tertiary/aromatic N) is 1. The first-order valence-electron chi connectivity index (χ1n) is 10.0. The molecule has 0 radical (unpaired) electrons. The lowest BCUT2D eigenvalue weighted by molar-refractivity contribution is 0.0600. The fourth-order valence-electron chi connectivity index (χ4n) is 3.63. The van der Waals surface area contributed by atoms with Crippen LogP contribution in [-0.4, -0.2) is 21.5 Å². The lowest BCUT2D eigenvalue weighted by Gasteiger charge is -2.26. The van der Waals surface area contributed by atoms with Gasteiger partial charge in [0.15, 0.2) is 0 Å². The minimum absolute atomic E-state index is 0.0139. The zero-order valence-electron chi connectivity index (χ0n) is 18.3. The molecule has 36 heavy (non-hydrogen) atoms. The van der Waals surface area contributed by atoms with Crippen LogP contribution in [0.4, 0.5) is 0 Å². The second-order valence-electron chi connectivity index (χ2n) is 7.47. The largest absolute Gasteiger partial charge is 0.465 e. The molecule has 0 saturated carbocycles. The Labute approximate surface area is 221 Å². The molecule has 1 unspecified atom stereocenters. The second-order valence-corrected chi connectivity index (χ2v) is 10.2. The number of fused-ring (bicyclic) bond motifs is 1. The smallest absolute Gasteiger partial charge is 0.340 e. The number of methoxy groups -OCH3 is 1. The third-order valence-corrected chi connectivity index (χ3v) is 7.74. The molecule has 1 aliphatic rings. The molecule has 2 N–H and O–H groups in total. The molecule has 0 aliphatic carbocycles. The van der Waals surface area contributed by atoms with Gasteiger partial charge in [-0.2, -0.15) is 13.7 Å². The second kappa shape index (κ2) is 9.91. The molecule has 1 atom stereocenters. The monoisotopic (exact) mass is 564 g/mol. The van der Waals surface area contributed by atoms with Crippen molar-refractivity contribution in [1.82, 2.24) is 0 Å². The van der Waals surface area contributed by atoms with Crippen LogP contribution in [0.15, 0.2) is 70.9 Å². The Morgan fingerprint density at radius 2 is 1.69 bits per heavy atom. The van der Waals surface area contributed by atoms with Crippen molar-refractivity contribution in [2.75, 3.05) is 7.11 Å². The highest BCUT2D eigenvalue weighted by molar-refractivity contribution is 7.87. The lowest BCUT2D eigenvalue weighted by Crippen LogP contribution is -2.21. The predicted octanol–water partition coefficient (Wildman–Crippen LogP) is 5.42. The summed E-state index contributed by atoms with van der Waals surface area (Å²) in [4.78, 5) is 11.4. The number of rotatable bonds is 5. The van der Waals surface area contributed by atoms with E-state index in [1.54, 1.807) is 30.3 Å². The summed E-state index contributed by atoms with van der Waals surface area (Å²) >= 11 is 17.9. The van der Waals surface area contributed by atoms with Gasteiger partial charge in [-0.25, -0.2) is 4.79 Å². The van der Waals surface area contributed by atoms with Gasteiger partial charge in [-0.15, -0.1) is 0 Å². The number of ether oxygens (including phenoxy) is 2. The van der Waals surface area contributed by atoms with Gasteiger partial charge in [0, 0.05) is 11.6 Å². The Hall–Kier alpha value is -3.42. The molecule has 4 rings (SSSR count). The van der Waals surface area contributed by atoms with Crippen molar-refractivity contribution in [2.24, 2.45) is 5.73 Å². The van der Waals surface area contributed by atoms with Crippen LogP contribution in [0.2, 0.25) is 15.1 Å². The zero-order chi connectivity index (χ0) is 26.2. The molecule has 0 aromatic heterocycles. The van der Waals surface area contributed by atoms with Crippen molar-refractivity contribution < 1.29 is 26.9 Å². The van der Waals surface area contributed by atoms with Gasteiger partial charge in [0.2, 0.25) is 5.88 Å². The van der Waals surface area contributed by atoms with Crippen molar-refractivity contribution in [2.45, 2.75) is 10.8 Å². The minimum Gasteiger partial charge on any atom is -0.465 e. The molecule has 3 aromatic rings. The topological polar surface area (TPSA) is 129 Å². The number of carbonyl (C=O) groups is 1. The van der Waals surface area contributed by atoms with Gasteiger partial charge in [0.25, 0.3) is 0 Å². The number of benzene rings is 3. The maximum absolute atomic E-state index is 12.9. The molecule has 12 heteroatoms. The summed E-state index contributed by atoms with van der Waals surface area (Å²) in [6, 6.07) is 15.1. The van der Waals surface area contributed by atoms with Crippen molar-refractivity contribution >= 4 is 50.9 Å². The molecule has 0 spiro atoms. The molecule has 0 fully saturated rings. The van der Waals surface area contributed by atoms with E-state index in [-0.39, 0.29) is 42.9 Å². The van der Waals surface area contributed by atoms with Crippen molar-refractivity contribution in [1.29, 1.82) is 5.26 Å².